The van der Waals surface area contributed by atoms with E-state index in [9.17, 15) is 13.2 Å². The van der Waals surface area contributed by atoms with E-state index in [1.165, 1.54) is 23.5 Å². The Morgan fingerprint density at radius 2 is 2.00 bits per heavy atom. The van der Waals surface area contributed by atoms with Gasteiger partial charge in [-0.3, -0.25) is 4.79 Å². The van der Waals surface area contributed by atoms with Gasteiger partial charge in [-0.05, 0) is 49.2 Å². The lowest BCUT2D eigenvalue weighted by Crippen LogP contribution is -2.43. The standard InChI is InChI=1S/C18H21N3O4S/c1-25-15-7-9-16(10-8-15)26(23,24)21-12-4-5-14(13-21)18(22)20-17-6-2-3-11-19-17/h2-3,6-11,14H,4-5,12-13H2,1H3,(H,19,20,22)/t14-/m1/s1. The molecule has 2 aromatic rings. The molecule has 1 aromatic carbocycles. The van der Waals surface area contributed by atoms with Crippen molar-refractivity contribution in [2.24, 2.45) is 5.92 Å². The summed E-state index contributed by atoms with van der Waals surface area (Å²) in [5.74, 6) is 0.444. The quantitative estimate of drug-likeness (QED) is 0.865. The zero-order valence-corrected chi connectivity index (χ0v) is 15.3. The van der Waals surface area contributed by atoms with Gasteiger partial charge in [0.15, 0.2) is 0 Å². The number of piperidine rings is 1. The number of nitrogens with one attached hydrogen (secondary N) is 1. The number of aromatic nitrogens is 1. The lowest BCUT2D eigenvalue weighted by molar-refractivity contribution is -0.120. The fourth-order valence-corrected chi connectivity index (χ4v) is 4.46. The second-order valence-electron chi connectivity index (χ2n) is 6.08. The maximum atomic E-state index is 12.9. The highest BCUT2D eigenvalue weighted by molar-refractivity contribution is 7.89. The Labute approximate surface area is 153 Å². The van der Waals surface area contributed by atoms with Crippen LogP contribution < -0.4 is 10.1 Å². The van der Waals surface area contributed by atoms with Crippen molar-refractivity contribution in [3.8, 4) is 5.75 Å². The summed E-state index contributed by atoms with van der Waals surface area (Å²) >= 11 is 0. The van der Waals surface area contributed by atoms with Crippen LogP contribution in [0.3, 0.4) is 0 Å². The normalized spacial score (nSPS) is 18.3. The molecule has 1 atom stereocenters. The Hall–Kier alpha value is -2.45. The van der Waals surface area contributed by atoms with Crippen LogP contribution in [0.2, 0.25) is 0 Å². The molecule has 1 N–H and O–H groups in total. The van der Waals surface area contributed by atoms with Crippen LogP contribution in [0.25, 0.3) is 0 Å². The van der Waals surface area contributed by atoms with Crippen molar-refractivity contribution in [3.05, 3.63) is 48.7 Å². The summed E-state index contributed by atoms with van der Waals surface area (Å²) < 4.78 is 32.1. The third-order valence-electron chi connectivity index (χ3n) is 4.37. The number of carbonyl (C=O) groups excluding carboxylic acids is 1. The largest absolute Gasteiger partial charge is 0.497 e. The third-order valence-corrected chi connectivity index (χ3v) is 6.25. The molecule has 7 nitrogen and oxygen atoms in total. The number of pyridine rings is 1. The highest BCUT2D eigenvalue weighted by Crippen LogP contribution is 2.25. The summed E-state index contributed by atoms with van der Waals surface area (Å²) in [6.45, 7) is 0.564. The van der Waals surface area contributed by atoms with Crippen molar-refractivity contribution >= 4 is 21.7 Å². The number of rotatable bonds is 5. The molecule has 0 aliphatic carbocycles. The molecule has 0 saturated carbocycles. The van der Waals surface area contributed by atoms with E-state index in [0.717, 1.165) is 0 Å². The topological polar surface area (TPSA) is 88.6 Å². The molecule has 1 aromatic heterocycles. The summed E-state index contributed by atoms with van der Waals surface area (Å²) in [6, 6.07) is 11.5. The van der Waals surface area contributed by atoms with Gasteiger partial charge in [-0.25, -0.2) is 13.4 Å². The number of benzene rings is 1. The van der Waals surface area contributed by atoms with Crippen LogP contribution in [-0.2, 0) is 14.8 Å². The van der Waals surface area contributed by atoms with Crippen LogP contribution in [0, 0.1) is 5.92 Å². The van der Waals surface area contributed by atoms with E-state index < -0.39 is 15.9 Å². The molecule has 26 heavy (non-hydrogen) atoms. The summed E-state index contributed by atoms with van der Waals surface area (Å²) in [4.78, 5) is 16.7. The maximum absolute atomic E-state index is 12.9. The molecule has 1 saturated heterocycles. The number of anilines is 1. The summed E-state index contributed by atoms with van der Waals surface area (Å²) in [5, 5.41) is 2.75. The highest BCUT2D eigenvalue weighted by Gasteiger charge is 2.33. The van der Waals surface area contributed by atoms with E-state index >= 15 is 0 Å². The molecular weight excluding hydrogens is 354 g/mol. The lowest BCUT2D eigenvalue weighted by atomic mass is 9.99. The predicted octanol–water partition coefficient (Wildman–Crippen LogP) is 2.13. The second kappa shape index (κ2) is 7.84. The van der Waals surface area contributed by atoms with Gasteiger partial charge in [-0.1, -0.05) is 6.07 Å². The molecule has 138 valence electrons. The Morgan fingerprint density at radius 1 is 1.23 bits per heavy atom. The first-order chi connectivity index (χ1) is 12.5. The van der Waals surface area contributed by atoms with Gasteiger partial charge in [0.05, 0.1) is 17.9 Å². The van der Waals surface area contributed by atoms with Crippen molar-refractivity contribution in [1.82, 2.24) is 9.29 Å². The van der Waals surface area contributed by atoms with Crippen molar-refractivity contribution in [3.63, 3.8) is 0 Å². The molecule has 1 aliphatic rings. The predicted molar refractivity (Wildman–Crippen MR) is 97.3 cm³/mol. The molecule has 8 heteroatoms. The molecule has 1 fully saturated rings. The summed E-state index contributed by atoms with van der Waals surface area (Å²) in [7, 11) is -2.12. The van der Waals surface area contributed by atoms with Gasteiger partial charge in [0.25, 0.3) is 0 Å². The van der Waals surface area contributed by atoms with Crippen molar-refractivity contribution in [1.29, 1.82) is 0 Å². The fourth-order valence-electron chi connectivity index (χ4n) is 2.94. The second-order valence-corrected chi connectivity index (χ2v) is 8.02. The first-order valence-electron chi connectivity index (χ1n) is 8.37. The number of hydrogen-bond donors (Lipinski definition) is 1. The van der Waals surface area contributed by atoms with E-state index in [0.29, 0.717) is 31.0 Å². The molecule has 2 heterocycles. The first kappa shape index (κ1) is 18.3. The van der Waals surface area contributed by atoms with E-state index in [1.54, 1.807) is 36.5 Å². The first-order valence-corrected chi connectivity index (χ1v) is 9.81. The van der Waals surface area contributed by atoms with Crippen LogP contribution in [0.15, 0.2) is 53.6 Å². The SMILES string of the molecule is COc1ccc(S(=O)(=O)N2CCC[C@@H](C(=O)Nc3ccccn3)C2)cc1. The summed E-state index contributed by atoms with van der Waals surface area (Å²) in [5.41, 5.74) is 0. The minimum absolute atomic E-state index is 0.160. The van der Waals surface area contributed by atoms with Gasteiger partial charge in [0.2, 0.25) is 15.9 Å². The van der Waals surface area contributed by atoms with E-state index in [4.69, 9.17) is 4.74 Å². The van der Waals surface area contributed by atoms with Gasteiger partial charge in [0, 0.05) is 19.3 Å². The molecule has 1 aliphatic heterocycles. The minimum Gasteiger partial charge on any atom is -0.497 e. The average molecular weight is 375 g/mol. The van der Waals surface area contributed by atoms with E-state index in [1.807, 2.05) is 0 Å². The monoisotopic (exact) mass is 375 g/mol. The fraction of sp³-hybridized carbons (Fsp3) is 0.333. The number of amides is 1. The number of ether oxygens (including phenoxy) is 1. The van der Waals surface area contributed by atoms with Crippen molar-refractivity contribution < 1.29 is 17.9 Å². The highest BCUT2D eigenvalue weighted by atomic mass is 32.2. The van der Waals surface area contributed by atoms with Gasteiger partial charge >= 0.3 is 0 Å². The average Bonchev–Trinajstić information content (AvgIpc) is 2.69. The smallest absolute Gasteiger partial charge is 0.243 e. The lowest BCUT2D eigenvalue weighted by Gasteiger charge is -2.31. The Bertz CT molecular complexity index is 854. The van der Waals surface area contributed by atoms with E-state index in [2.05, 4.69) is 10.3 Å². The van der Waals surface area contributed by atoms with Crippen LogP contribution in [0.4, 0.5) is 5.82 Å². The van der Waals surface area contributed by atoms with Crippen molar-refractivity contribution in [2.45, 2.75) is 17.7 Å². The zero-order chi connectivity index (χ0) is 18.6. The summed E-state index contributed by atoms with van der Waals surface area (Å²) in [6.07, 6.45) is 2.87. The molecular formula is C18H21N3O4S. The van der Waals surface area contributed by atoms with Gasteiger partial charge in [-0.15, -0.1) is 0 Å². The van der Waals surface area contributed by atoms with Gasteiger partial charge in [0.1, 0.15) is 11.6 Å². The molecule has 0 bridgehead atoms. The van der Waals surface area contributed by atoms with Gasteiger partial charge < -0.3 is 10.1 Å². The molecule has 1 amide bonds. The molecule has 0 unspecified atom stereocenters. The number of nitrogens with zero attached hydrogens (tertiary/aromatic N) is 2. The third kappa shape index (κ3) is 4.03. The molecule has 3 rings (SSSR count). The number of methoxy groups -OCH3 is 1. The van der Waals surface area contributed by atoms with Crippen molar-refractivity contribution in [2.75, 3.05) is 25.5 Å². The number of carbonyl (C=O) groups is 1. The molecule has 0 radical (unpaired) electrons. The minimum atomic E-state index is -3.64. The number of sulfonamides is 1. The van der Waals surface area contributed by atoms with Gasteiger partial charge in [-0.2, -0.15) is 4.31 Å². The zero-order valence-electron chi connectivity index (χ0n) is 14.5. The molecule has 0 spiro atoms. The Morgan fingerprint density at radius 3 is 2.65 bits per heavy atom. The van der Waals surface area contributed by atoms with Crippen LogP contribution in [0.5, 0.6) is 5.75 Å². The van der Waals surface area contributed by atoms with Crippen LogP contribution >= 0.6 is 0 Å². The van der Waals surface area contributed by atoms with Crippen LogP contribution in [-0.4, -0.2) is 43.8 Å². The van der Waals surface area contributed by atoms with Crippen LogP contribution in [0.1, 0.15) is 12.8 Å². The number of hydrogen-bond acceptors (Lipinski definition) is 5. The Kier molecular flexibility index (Phi) is 5.53. The maximum Gasteiger partial charge on any atom is 0.243 e. The Balaban J connectivity index is 1.71. The van der Waals surface area contributed by atoms with E-state index in [-0.39, 0.29) is 17.3 Å².